The molecule has 2 rings (SSSR count). The van der Waals surface area contributed by atoms with Gasteiger partial charge in [-0.05, 0) is 101 Å². The standard InChI is InChI=1S/C29H50O2.C12H22O4/c1-20(2)12-9-13-21(3)14-10-15-22(4)16-11-18-29(8)19-17-26-25(7)27(30)23(5)24(6)28(26)31-29;13-11(14)9-7-5-3-1-2-4-6-8-10-12(15)16/h20-22,30H,9-19H2,1-8H3;1-10H2,(H,13,14)(H,15,16)/t21?,22?,29-;/m1./s1. The highest BCUT2D eigenvalue weighted by Crippen LogP contribution is 2.44. The summed E-state index contributed by atoms with van der Waals surface area (Å²) >= 11 is 0. The Balaban J connectivity index is 0.000000584. The summed E-state index contributed by atoms with van der Waals surface area (Å²) < 4.78 is 6.60. The molecule has 1 aromatic carbocycles. The second-order valence-electron chi connectivity index (χ2n) is 15.6. The van der Waals surface area contributed by atoms with Gasteiger partial charge in [-0.2, -0.15) is 0 Å². The molecule has 47 heavy (non-hydrogen) atoms. The molecule has 0 radical (unpaired) electrons. The molecule has 1 aliphatic heterocycles. The van der Waals surface area contributed by atoms with Crippen molar-refractivity contribution in [2.24, 2.45) is 17.8 Å². The Morgan fingerprint density at radius 1 is 0.660 bits per heavy atom. The number of carboxylic acids is 2. The van der Waals surface area contributed by atoms with E-state index in [1.54, 1.807) is 0 Å². The van der Waals surface area contributed by atoms with E-state index in [1.807, 2.05) is 13.8 Å². The van der Waals surface area contributed by atoms with Gasteiger partial charge < -0.3 is 20.1 Å². The lowest BCUT2D eigenvalue weighted by molar-refractivity contribution is -0.138. The summed E-state index contributed by atoms with van der Waals surface area (Å²) in [6.45, 7) is 17.9. The lowest BCUT2D eigenvalue weighted by Crippen LogP contribution is -2.37. The number of phenols is 1. The molecule has 0 saturated carbocycles. The Morgan fingerprint density at radius 2 is 1.11 bits per heavy atom. The molecule has 1 aliphatic rings. The van der Waals surface area contributed by atoms with Gasteiger partial charge in [-0.3, -0.25) is 9.59 Å². The van der Waals surface area contributed by atoms with Crippen LogP contribution in [-0.2, 0) is 16.0 Å². The predicted octanol–water partition coefficient (Wildman–Crippen LogP) is 11.9. The number of carboxylic acid groups (broad SMARTS) is 2. The highest BCUT2D eigenvalue weighted by atomic mass is 16.5. The van der Waals surface area contributed by atoms with Crippen LogP contribution in [0.5, 0.6) is 11.5 Å². The van der Waals surface area contributed by atoms with E-state index in [0.717, 1.165) is 111 Å². The van der Waals surface area contributed by atoms with Crippen molar-refractivity contribution in [3.8, 4) is 11.5 Å². The second-order valence-corrected chi connectivity index (χ2v) is 15.6. The molecule has 2 unspecified atom stereocenters. The zero-order valence-electron chi connectivity index (χ0n) is 31.6. The van der Waals surface area contributed by atoms with Gasteiger partial charge in [-0.1, -0.05) is 111 Å². The van der Waals surface area contributed by atoms with Crippen LogP contribution in [0.4, 0.5) is 0 Å². The molecule has 0 amide bonds. The summed E-state index contributed by atoms with van der Waals surface area (Å²) in [5.41, 5.74) is 4.23. The van der Waals surface area contributed by atoms with Gasteiger partial charge in [-0.25, -0.2) is 0 Å². The van der Waals surface area contributed by atoms with E-state index in [4.69, 9.17) is 14.9 Å². The van der Waals surface area contributed by atoms with Crippen molar-refractivity contribution in [1.29, 1.82) is 0 Å². The van der Waals surface area contributed by atoms with Gasteiger partial charge in [0.05, 0.1) is 0 Å². The molecule has 0 saturated heterocycles. The van der Waals surface area contributed by atoms with Gasteiger partial charge in [0.2, 0.25) is 0 Å². The van der Waals surface area contributed by atoms with Crippen LogP contribution in [0.25, 0.3) is 0 Å². The fourth-order valence-corrected chi connectivity index (χ4v) is 6.89. The number of phenolic OH excluding ortho intramolecular Hbond substituents is 1. The number of unbranched alkanes of at least 4 members (excludes halogenated alkanes) is 7. The van der Waals surface area contributed by atoms with Crippen LogP contribution in [0, 0.1) is 38.5 Å². The Kier molecular flexibility index (Phi) is 21.1. The number of fused-ring (bicyclic) bond motifs is 1. The monoisotopic (exact) mass is 661 g/mol. The summed E-state index contributed by atoms with van der Waals surface area (Å²) in [6, 6.07) is 0. The van der Waals surface area contributed by atoms with Crippen molar-refractivity contribution in [2.45, 2.75) is 196 Å². The van der Waals surface area contributed by atoms with Crippen LogP contribution < -0.4 is 4.74 Å². The third kappa shape index (κ3) is 18.2. The molecule has 6 heteroatoms. The maximum Gasteiger partial charge on any atom is 0.303 e. The normalized spacial score (nSPS) is 17.0. The van der Waals surface area contributed by atoms with Crippen molar-refractivity contribution in [3.63, 3.8) is 0 Å². The minimum Gasteiger partial charge on any atom is -0.507 e. The third-order valence-electron chi connectivity index (χ3n) is 10.4. The molecule has 1 heterocycles. The first-order chi connectivity index (χ1) is 22.2. The van der Waals surface area contributed by atoms with Crippen molar-refractivity contribution in [2.75, 3.05) is 0 Å². The quantitative estimate of drug-likeness (QED) is 0.101. The average molecular weight is 661 g/mol. The van der Waals surface area contributed by atoms with Gasteiger partial charge in [-0.15, -0.1) is 0 Å². The van der Waals surface area contributed by atoms with Crippen LogP contribution in [0.2, 0.25) is 0 Å². The SMILES string of the molecule is Cc1c(C)c2c(c(C)c1O)CC[C@@](C)(CCCC(C)CCCC(C)CCCC(C)C)O2.O=C(O)CCCCCCCCCCC(=O)O. The fourth-order valence-electron chi connectivity index (χ4n) is 6.89. The van der Waals surface area contributed by atoms with Crippen LogP contribution >= 0.6 is 0 Å². The van der Waals surface area contributed by atoms with Crippen molar-refractivity contribution >= 4 is 11.9 Å². The molecule has 6 nitrogen and oxygen atoms in total. The number of hydrogen-bond acceptors (Lipinski definition) is 4. The Bertz CT molecular complexity index is 1030. The third-order valence-corrected chi connectivity index (χ3v) is 10.4. The van der Waals surface area contributed by atoms with Gasteiger partial charge >= 0.3 is 11.9 Å². The summed E-state index contributed by atoms with van der Waals surface area (Å²) in [5, 5.41) is 27.2. The molecule has 3 N–H and O–H groups in total. The lowest BCUT2D eigenvalue weighted by Gasteiger charge is -2.38. The van der Waals surface area contributed by atoms with E-state index in [2.05, 4.69) is 41.5 Å². The molecule has 0 bridgehead atoms. The molecular formula is C41H72O6. The largest absolute Gasteiger partial charge is 0.507 e. The molecule has 0 spiro atoms. The van der Waals surface area contributed by atoms with E-state index in [0.29, 0.717) is 5.75 Å². The summed E-state index contributed by atoms with van der Waals surface area (Å²) in [5.74, 6) is 2.61. The summed E-state index contributed by atoms with van der Waals surface area (Å²) in [6.07, 6.45) is 22.6. The molecule has 0 aliphatic carbocycles. The van der Waals surface area contributed by atoms with E-state index in [1.165, 1.54) is 56.9 Å². The van der Waals surface area contributed by atoms with Crippen molar-refractivity contribution in [1.82, 2.24) is 0 Å². The Hall–Kier alpha value is -2.24. The van der Waals surface area contributed by atoms with Gasteiger partial charge in [0, 0.05) is 18.4 Å². The molecular weight excluding hydrogens is 588 g/mol. The van der Waals surface area contributed by atoms with Crippen LogP contribution in [0.3, 0.4) is 0 Å². The Morgan fingerprint density at radius 3 is 1.57 bits per heavy atom. The smallest absolute Gasteiger partial charge is 0.303 e. The predicted molar refractivity (Wildman–Crippen MR) is 196 cm³/mol. The van der Waals surface area contributed by atoms with Crippen LogP contribution in [-0.4, -0.2) is 32.9 Å². The van der Waals surface area contributed by atoms with E-state index < -0.39 is 11.9 Å². The fraction of sp³-hybridized carbons (Fsp3) is 0.805. The molecule has 1 aromatic rings. The highest BCUT2D eigenvalue weighted by Gasteiger charge is 2.34. The maximum absolute atomic E-state index is 10.4. The van der Waals surface area contributed by atoms with Crippen molar-refractivity contribution in [3.05, 3.63) is 22.3 Å². The summed E-state index contributed by atoms with van der Waals surface area (Å²) in [7, 11) is 0. The Labute approximate surface area is 288 Å². The van der Waals surface area contributed by atoms with Gasteiger partial charge in [0.15, 0.2) is 0 Å². The minimum absolute atomic E-state index is 0.0712. The number of aliphatic carboxylic acids is 2. The second kappa shape index (κ2) is 23.2. The van der Waals surface area contributed by atoms with E-state index in [-0.39, 0.29) is 18.4 Å². The maximum atomic E-state index is 10.4. The average Bonchev–Trinajstić information content (AvgIpc) is 2.99. The number of aromatic hydroxyl groups is 1. The number of rotatable bonds is 23. The number of hydrogen-bond donors (Lipinski definition) is 3. The number of ether oxygens (including phenoxy) is 1. The molecule has 0 aromatic heterocycles. The summed E-state index contributed by atoms with van der Waals surface area (Å²) in [4.78, 5) is 20.4. The first-order valence-electron chi connectivity index (χ1n) is 19.1. The molecule has 272 valence electrons. The van der Waals surface area contributed by atoms with Gasteiger partial charge in [0.1, 0.15) is 17.1 Å². The number of benzene rings is 1. The zero-order valence-corrected chi connectivity index (χ0v) is 31.6. The zero-order chi connectivity index (χ0) is 35.4. The first-order valence-corrected chi connectivity index (χ1v) is 19.1. The van der Waals surface area contributed by atoms with Crippen LogP contribution in [0.15, 0.2) is 0 Å². The first kappa shape index (κ1) is 42.8. The lowest BCUT2D eigenvalue weighted by atomic mass is 9.84. The number of carbonyl (C=O) groups is 2. The van der Waals surface area contributed by atoms with Crippen LogP contribution in [0.1, 0.15) is 185 Å². The highest BCUT2D eigenvalue weighted by molar-refractivity contribution is 5.66. The minimum atomic E-state index is -0.714. The molecule has 3 atom stereocenters. The topological polar surface area (TPSA) is 104 Å². The van der Waals surface area contributed by atoms with E-state index >= 15 is 0 Å². The van der Waals surface area contributed by atoms with Gasteiger partial charge in [0.25, 0.3) is 0 Å². The van der Waals surface area contributed by atoms with E-state index in [9.17, 15) is 14.7 Å². The van der Waals surface area contributed by atoms with Crippen molar-refractivity contribution < 1.29 is 29.6 Å². The molecule has 0 fully saturated rings.